The Balaban J connectivity index is 0.000000758. The number of hydrogen-bond acceptors (Lipinski definition) is 5. The Labute approximate surface area is 157 Å². The molecular formula is C18H23ClN2O5. The first-order valence-corrected chi connectivity index (χ1v) is 8.81. The Bertz CT molecular complexity index is 714. The van der Waals surface area contributed by atoms with Crippen molar-refractivity contribution in [2.24, 2.45) is 0 Å². The lowest BCUT2D eigenvalue weighted by atomic mass is 10.1. The average Bonchev–Trinajstić information content (AvgIpc) is 3.29. The van der Waals surface area contributed by atoms with E-state index in [4.69, 9.17) is 35.7 Å². The van der Waals surface area contributed by atoms with Crippen LogP contribution in [0.3, 0.4) is 0 Å². The van der Waals surface area contributed by atoms with Crippen molar-refractivity contribution in [1.29, 1.82) is 0 Å². The van der Waals surface area contributed by atoms with Crippen molar-refractivity contribution in [3.05, 3.63) is 29.5 Å². The van der Waals surface area contributed by atoms with Gasteiger partial charge < -0.3 is 23.9 Å². The third kappa shape index (κ3) is 4.68. The number of halogens is 1. The Morgan fingerprint density at radius 2 is 2.00 bits per heavy atom. The SMILES string of the molecule is CCOc1cc(Cl)c(-c2nccn2C2CCOC2)cc1OCC.O=CO. The third-order valence-electron chi connectivity index (χ3n) is 3.84. The predicted molar refractivity (Wildman–Crippen MR) is 98.2 cm³/mol. The molecule has 26 heavy (non-hydrogen) atoms. The van der Waals surface area contributed by atoms with Gasteiger partial charge in [0.2, 0.25) is 0 Å². The molecule has 0 spiro atoms. The Kier molecular flexibility index (Phi) is 7.74. The number of benzene rings is 1. The first-order chi connectivity index (χ1) is 12.7. The number of nitrogens with zero attached hydrogens (tertiary/aromatic N) is 2. The van der Waals surface area contributed by atoms with Crippen LogP contribution in [0.1, 0.15) is 26.3 Å². The van der Waals surface area contributed by atoms with E-state index in [0.29, 0.717) is 42.4 Å². The van der Waals surface area contributed by atoms with Gasteiger partial charge in [0.05, 0.1) is 30.9 Å². The monoisotopic (exact) mass is 382 g/mol. The topological polar surface area (TPSA) is 82.8 Å². The fraction of sp³-hybridized carbons (Fsp3) is 0.444. The smallest absolute Gasteiger partial charge is 0.290 e. The number of imidazole rings is 1. The molecule has 1 atom stereocenters. The van der Waals surface area contributed by atoms with Crippen molar-refractivity contribution in [3.63, 3.8) is 0 Å². The van der Waals surface area contributed by atoms with E-state index in [-0.39, 0.29) is 6.47 Å². The summed E-state index contributed by atoms with van der Waals surface area (Å²) < 4.78 is 18.9. The summed E-state index contributed by atoms with van der Waals surface area (Å²) in [7, 11) is 0. The zero-order chi connectivity index (χ0) is 18.9. The molecule has 8 heteroatoms. The van der Waals surface area contributed by atoms with Crippen LogP contribution in [-0.4, -0.2) is 47.6 Å². The summed E-state index contributed by atoms with van der Waals surface area (Å²) in [4.78, 5) is 12.9. The molecule has 0 bridgehead atoms. The van der Waals surface area contributed by atoms with Crippen molar-refractivity contribution in [2.75, 3.05) is 26.4 Å². The molecule has 2 aromatic rings. The van der Waals surface area contributed by atoms with Gasteiger partial charge in [0.15, 0.2) is 11.5 Å². The van der Waals surface area contributed by atoms with Gasteiger partial charge in [-0.25, -0.2) is 4.98 Å². The van der Waals surface area contributed by atoms with Crippen LogP contribution in [0.4, 0.5) is 0 Å². The van der Waals surface area contributed by atoms with Crippen molar-refractivity contribution in [1.82, 2.24) is 9.55 Å². The van der Waals surface area contributed by atoms with Gasteiger partial charge in [-0.2, -0.15) is 0 Å². The van der Waals surface area contributed by atoms with Crippen molar-refractivity contribution in [3.8, 4) is 22.9 Å². The molecule has 1 aliphatic heterocycles. The first kappa shape index (κ1) is 20.1. The number of carboxylic acid groups (broad SMARTS) is 1. The maximum Gasteiger partial charge on any atom is 0.290 e. The molecule has 0 aliphatic carbocycles. The molecule has 1 saturated heterocycles. The largest absolute Gasteiger partial charge is 0.490 e. The number of rotatable bonds is 6. The van der Waals surface area contributed by atoms with Gasteiger partial charge in [-0.1, -0.05) is 11.6 Å². The minimum Gasteiger partial charge on any atom is -0.490 e. The lowest BCUT2D eigenvalue weighted by Gasteiger charge is -2.17. The lowest BCUT2D eigenvalue weighted by molar-refractivity contribution is -0.122. The zero-order valence-electron chi connectivity index (χ0n) is 14.9. The molecule has 1 aromatic heterocycles. The van der Waals surface area contributed by atoms with Gasteiger partial charge >= 0.3 is 0 Å². The highest BCUT2D eigenvalue weighted by Gasteiger charge is 2.22. The lowest BCUT2D eigenvalue weighted by Crippen LogP contribution is -2.09. The van der Waals surface area contributed by atoms with E-state index in [0.717, 1.165) is 24.4 Å². The molecule has 0 amide bonds. The zero-order valence-corrected chi connectivity index (χ0v) is 15.6. The molecule has 1 fully saturated rings. The Hall–Kier alpha value is -2.25. The van der Waals surface area contributed by atoms with Crippen LogP contribution in [0.15, 0.2) is 24.5 Å². The van der Waals surface area contributed by atoms with E-state index in [1.165, 1.54) is 0 Å². The van der Waals surface area contributed by atoms with Crippen LogP contribution in [0.5, 0.6) is 11.5 Å². The first-order valence-electron chi connectivity index (χ1n) is 8.44. The van der Waals surface area contributed by atoms with E-state index in [2.05, 4.69) is 9.55 Å². The van der Waals surface area contributed by atoms with E-state index >= 15 is 0 Å². The van der Waals surface area contributed by atoms with E-state index in [1.807, 2.05) is 26.1 Å². The van der Waals surface area contributed by atoms with Crippen molar-refractivity contribution in [2.45, 2.75) is 26.3 Å². The molecule has 1 N–H and O–H groups in total. The standard InChI is InChI=1S/C17H21ClN2O3.CH2O2/c1-3-22-15-9-13(14(18)10-16(15)23-4-2)17-19-6-7-20(17)12-5-8-21-11-12;2-1-3/h6-7,9-10,12H,3-5,8,11H2,1-2H3;1H,(H,2,3). The predicted octanol–water partition coefficient (Wildman–Crippen LogP) is 3.66. The second kappa shape index (κ2) is 10.0. The number of hydrogen-bond donors (Lipinski definition) is 1. The molecule has 7 nitrogen and oxygen atoms in total. The van der Waals surface area contributed by atoms with Gasteiger partial charge in [-0.05, 0) is 26.3 Å². The second-order valence-electron chi connectivity index (χ2n) is 5.43. The van der Waals surface area contributed by atoms with E-state index in [1.54, 1.807) is 12.3 Å². The van der Waals surface area contributed by atoms with Gasteiger partial charge in [-0.15, -0.1) is 0 Å². The van der Waals surface area contributed by atoms with E-state index in [9.17, 15) is 0 Å². The fourth-order valence-corrected chi connectivity index (χ4v) is 3.04. The average molecular weight is 383 g/mol. The summed E-state index contributed by atoms with van der Waals surface area (Å²) >= 11 is 6.49. The summed E-state index contributed by atoms with van der Waals surface area (Å²) in [6, 6.07) is 4.01. The highest BCUT2D eigenvalue weighted by molar-refractivity contribution is 6.33. The van der Waals surface area contributed by atoms with E-state index < -0.39 is 0 Å². The van der Waals surface area contributed by atoms with Gasteiger partial charge in [0, 0.05) is 30.6 Å². The van der Waals surface area contributed by atoms with Gasteiger partial charge in [0.25, 0.3) is 6.47 Å². The molecular weight excluding hydrogens is 360 g/mol. The fourth-order valence-electron chi connectivity index (χ4n) is 2.80. The van der Waals surface area contributed by atoms with Crippen LogP contribution in [0.2, 0.25) is 5.02 Å². The van der Waals surface area contributed by atoms with Crippen LogP contribution in [0, 0.1) is 0 Å². The Morgan fingerprint density at radius 1 is 1.35 bits per heavy atom. The molecule has 1 aliphatic rings. The molecule has 0 saturated carbocycles. The molecule has 142 valence electrons. The second-order valence-corrected chi connectivity index (χ2v) is 5.83. The van der Waals surface area contributed by atoms with Crippen molar-refractivity contribution < 1.29 is 24.1 Å². The minimum atomic E-state index is -0.250. The van der Waals surface area contributed by atoms with Gasteiger partial charge in [-0.3, -0.25) is 4.79 Å². The quantitative estimate of drug-likeness (QED) is 0.767. The third-order valence-corrected chi connectivity index (χ3v) is 4.15. The number of ether oxygens (including phenoxy) is 3. The molecule has 1 aromatic carbocycles. The molecule has 1 unspecified atom stereocenters. The summed E-state index contributed by atoms with van der Waals surface area (Å²) in [6.07, 6.45) is 4.75. The summed E-state index contributed by atoms with van der Waals surface area (Å²) in [5.41, 5.74) is 0.843. The highest BCUT2D eigenvalue weighted by atomic mass is 35.5. The van der Waals surface area contributed by atoms with Gasteiger partial charge in [0.1, 0.15) is 5.82 Å². The maximum atomic E-state index is 8.36. The molecule has 0 radical (unpaired) electrons. The van der Waals surface area contributed by atoms with Crippen LogP contribution >= 0.6 is 11.6 Å². The summed E-state index contributed by atoms with van der Waals surface area (Å²) in [6.45, 7) is 6.24. The van der Waals surface area contributed by atoms with Crippen LogP contribution in [-0.2, 0) is 9.53 Å². The number of aromatic nitrogens is 2. The summed E-state index contributed by atoms with van der Waals surface area (Å²) in [5.74, 6) is 2.17. The van der Waals surface area contributed by atoms with Crippen LogP contribution < -0.4 is 9.47 Å². The molecule has 2 heterocycles. The maximum absolute atomic E-state index is 8.36. The number of carbonyl (C=O) groups is 1. The Morgan fingerprint density at radius 3 is 2.58 bits per heavy atom. The minimum absolute atomic E-state index is 0.250. The normalized spacial score (nSPS) is 15.9. The molecule has 3 rings (SSSR count). The van der Waals surface area contributed by atoms with Crippen molar-refractivity contribution >= 4 is 18.1 Å². The van der Waals surface area contributed by atoms with Crippen LogP contribution in [0.25, 0.3) is 11.4 Å². The summed E-state index contributed by atoms with van der Waals surface area (Å²) in [5, 5.41) is 7.49. The highest BCUT2D eigenvalue weighted by Crippen LogP contribution is 2.39.